The minimum Gasteiger partial charge on any atom is -0.241 e. The molecule has 4 heteroatoms. The van der Waals surface area contributed by atoms with Crippen LogP contribution in [0.3, 0.4) is 0 Å². The van der Waals surface area contributed by atoms with Crippen molar-refractivity contribution in [1.29, 1.82) is 0 Å². The van der Waals surface area contributed by atoms with Crippen molar-refractivity contribution in [2.75, 3.05) is 0 Å². The highest BCUT2D eigenvalue weighted by Crippen LogP contribution is 2.26. The minimum atomic E-state index is -0.570. The monoisotopic (exact) mass is 211 g/mol. The standard InChI is InChI=1S/C10H7F2NS/c1-6-5-14-10(13-6)8-3-2-7(11)4-9(8)12/h2-5H,1H3. The van der Waals surface area contributed by atoms with E-state index < -0.39 is 11.6 Å². The predicted molar refractivity (Wildman–Crippen MR) is 52.2 cm³/mol. The molecule has 2 rings (SSSR count). The lowest BCUT2D eigenvalue weighted by atomic mass is 10.2. The second-order valence-corrected chi connectivity index (χ2v) is 3.78. The molecule has 0 amide bonds. The van der Waals surface area contributed by atoms with Gasteiger partial charge in [-0.25, -0.2) is 13.8 Å². The van der Waals surface area contributed by atoms with E-state index in [4.69, 9.17) is 0 Å². The number of halogens is 2. The smallest absolute Gasteiger partial charge is 0.136 e. The number of thiazole rings is 1. The first kappa shape index (κ1) is 9.27. The Kier molecular flexibility index (Phi) is 2.29. The van der Waals surface area contributed by atoms with Gasteiger partial charge in [-0.2, -0.15) is 0 Å². The summed E-state index contributed by atoms with van der Waals surface area (Å²) in [7, 11) is 0. The van der Waals surface area contributed by atoms with Crippen molar-refractivity contribution in [2.45, 2.75) is 6.92 Å². The van der Waals surface area contributed by atoms with E-state index in [0.717, 1.165) is 11.8 Å². The number of rotatable bonds is 1. The highest BCUT2D eigenvalue weighted by molar-refractivity contribution is 7.13. The molecule has 0 bridgehead atoms. The van der Waals surface area contributed by atoms with Gasteiger partial charge in [-0.05, 0) is 19.1 Å². The van der Waals surface area contributed by atoms with Crippen LogP contribution < -0.4 is 0 Å². The highest BCUT2D eigenvalue weighted by Gasteiger charge is 2.08. The van der Waals surface area contributed by atoms with Crippen molar-refractivity contribution < 1.29 is 8.78 Å². The topological polar surface area (TPSA) is 12.9 Å². The van der Waals surface area contributed by atoms with Gasteiger partial charge in [-0.3, -0.25) is 0 Å². The fourth-order valence-corrected chi connectivity index (χ4v) is 1.96. The molecule has 0 saturated carbocycles. The molecule has 0 saturated heterocycles. The molecule has 0 aliphatic heterocycles. The fourth-order valence-electron chi connectivity index (χ4n) is 1.14. The van der Waals surface area contributed by atoms with Gasteiger partial charge in [0.2, 0.25) is 0 Å². The molecule has 0 spiro atoms. The molecule has 0 aliphatic carbocycles. The second kappa shape index (κ2) is 3.46. The van der Waals surface area contributed by atoms with E-state index in [9.17, 15) is 8.78 Å². The first-order valence-electron chi connectivity index (χ1n) is 4.04. The molecule has 0 aliphatic rings. The molecule has 0 N–H and O–H groups in total. The zero-order chi connectivity index (χ0) is 10.1. The third-order valence-electron chi connectivity index (χ3n) is 1.78. The highest BCUT2D eigenvalue weighted by atomic mass is 32.1. The molecule has 72 valence electrons. The van der Waals surface area contributed by atoms with Crippen molar-refractivity contribution in [3.05, 3.63) is 40.9 Å². The largest absolute Gasteiger partial charge is 0.241 e. The van der Waals surface area contributed by atoms with Crippen LogP contribution >= 0.6 is 11.3 Å². The average molecular weight is 211 g/mol. The Morgan fingerprint density at radius 2 is 2.07 bits per heavy atom. The van der Waals surface area contributed by atoms with Crippen LogP contribution in [0.25, 0.3) is 10.6 Å². The number of hydrogen-bond donors (Lipinski definition) is 0. The number of hydrogen-bond acceptors (Lipinski definition) is 2. The third-order valence-corrected chi connectivity index (χ3v) is 2.77. The quantitative estimate of drug-likeness (QED) is 0.704. The van der Waals surface area contributed by atoms with Crippen molar-refractivity contribution in [3.8, 4) is 10.6 Å². The van der Waals surface area contributed by atoms with Gasteiger partial charge in [0.15, 0.2) is 0 Å². The molecule has 1 aromatic carbocycles. The molecular formula is C10H7F2NS. The lowest BCUT2D eigenvalue weighted by Gasteiger charge is -1.97. The summed E-state index contributed by atoms with van der Waals surface area (Å²) in [5, 5.41) is 2.41. The van der Waals surface area contributed by atoms with E-state index >= 15 is 0 Å². The van der Waals surface area contributed by atoms with E-state index in [1.165, 1.54) is 23.5 Å². The number of aryl methyl sites for hydroxylation is 1. The van der Waals surface area contributed by atoms with Crippen LogP contribution in [0.1, 0.15) is 5.69 Å². The van der Waals surface area contributed by atoms with Crippen LogP contribution in [-0.4, -0.2) is 4.98 Å². The molecule has 1 heterocycles. The zero-order valence-corrected chi connectivity index (χ0v) is 8.24. The molecule has 1 nitrogen and oxygen atoms in total. The van der Waals surface area contributed by atoms with Crippen molar-refractivity contribution in [3.63, 3.8) is 0 Å². The van der Waals surface area contributed by atoms with Gasteiger partial charge in [0, 0.05) is 22.7 Å². The number of aromatic nitrogens is 1. The Morgan fingerprint density at radius 1 is 1.29 bits per heavy atom. The van der Waals surface area contributed by atoms with Crippen LogP contribution in [0.5, 0.6) is 0 Å². The van der Waals surface area contributed by atoms with Gasteiger partial charge >= 0.3 is 0 Å². The summed E-state index contributed by atoms with van der Waals surface area (Å²) >= 11 is 1.35. The first-order valence-corrected chi connectivity index (χ1v) is 4.92. The van der Waals surface area contributed by atoms with Crippen LogP contribution in [0.15, 0.2) is 23.6 Å². The van der Waals surface area contributed by atoms with Gasteiger partial charge < -0.3 is 0 Å². The number of nitrogens with zero attached hydrogens (tertiary/aromatic N) is 1. The Bertz CT molecular complexity index is 465. The average Bonchev–Trinajstić information content (AvgIpc) is 2.51. The van der Waals surface area contributed by atoms with Gasteiger partial charge in [0.05, 0.1) is 0 Å². The van der Waals surface area contributed by atoms with Gasteiger partial charge in [-0.15, -0.1) is 11.3 Å². The van der Waals surface area contributed by atoms with E-state index in [2.05, 4.69) is 4.98 Å². The minimum absolute atomic E-state index is 0.351. The van der Waals surface area contributed by atoms with E-state index in [0.29, 0.717) is 10.6 Å². The normalized spacial score (nSPS) is 10.5. The molecule has 0 fully saturated rings. The summed E-state index contributed by atoms with van der Waals surface area (Å²) in [5.74, 6) is -1.14. The molecule has 2 aromatic rings. The van der Waals surface area contributed by atoms with E-state index in [1.54, 1.807) is 0 Å². The Labute approximate surface area is 84.0 Å². The lowest BCUT2D eigenvalue weighted by molar-refractivity contribution is 0.585. The molecule has 0 radical (unpaired) electrons. The number of benzene rings is 1. The summed E-state index contributed by atoms with van der Waals surface area (Å²) < 4.78 is 25.9. The molecule has 14 heavy (non-hydrogen) atoms. The lowest BCUT2D eigenvalue weighted by Crippen LogP contribution is -1.85. The summed E-state index contributed by atoms with van der Waals surface area (Å²) in [5.41, 5.74) is 1.19. The maximum atomic E-state index is 13.3. The van der Waals surface area contributed by atoms with E-state index in [-0.39, 0.29) is 0 Å². The van der Waals surface area contributed by atoms with Crippen LogP contribution in [0.4, 0.5) is 8.78 Å². The third kappa shape index (κ3) is 1.65. The van der Waals surface area contributed by atoms with Crippen molar-refractivity contribution in [2.24, 2.45) is 0 Å². The fraction of sp³-hybridized carbons (Fsp3) is 0.100. The Hall–Kier alpha value is -1.29. The van der Waals surface area contributed by atoms with Gasteiger partial charge in [0.25, 0.3) is 0 Å². The van der Waals surface area contributed by atoms with Crippen LogP contribution in [0.2, 0.25) is 0 Å². The van der Waals surface area contributed by atoms with Gasteiger partial charge in [-0.1, -0.05) is 0 Å². The molecular weight excluding hydrogens is 204 g/mol. The Morgan fingerprint density at radius 3 is 2.64 bits per heavy atom. The maximum Gasteiger partial charge on any atom is 0.136 e. The molecule has 0 unspecified atom stereocenters. The van der Waals surface area contributed by atoms with E-state index in [1.807, 2.05) is 12.3 Å². The maximum absolute atomic E-state index is 13.3. The first-order chi connectivity index (χ1) is 6.66. The summed E-state index contributed by atoms with van der Waals surface area (Å²) in [6, 6.07) is 3.50. The predicted octanol–water partition coefficient (Wildman–Crippen LogP) is 3.40. The molecule has 0 atom stereocenters. The zero-order valence-electron chi connectivity index (χ0n) is 7.42. The summed E-state index contributed by atoms with van der Waals surface area (Å²) in [6.07, 6.45) is 0. The Balaban J connectivity index is 2.52. The van der Waals surface area contributed by atoms with Gasteiger partial charge in [0.1, 0.15) is 16.6 Å². The molecule has 1 aromatic heterocycles. The summed E-state index contributed by atoms with van der Waals surface area (Å²) in [6.45, 7) is 1.83. The van der Waals surface area contributed by atoms with Crippen molar-refractivity contribution in [1.82, 2.24) is 4.98 Å². The summed E-state index contributed by atoms with van der Waals surface area (Å²) in [4.78, 5) is 4.13. The van der Waals surface area contributed by atoms with Crippen LogP contribution in [0, 0.1) is 18.6 Å². The second-order valence-electron chi connectivity index (χ2n) is 2.92. The van der Waals surface area contributed by atoms with Crippen LogP contribution in [-0.2, 0) is 0 Å². The SMILES string of the molecule is Cc1csc(-c2ccc(F)cc2F)n1. The van der Waals surface area contributed by atoms with Crippen molar-refractivity contribution >= 4 is 11.3 Å².